The zero-order valence-electron chi connectivity index (χ0n) is 22.8. The summed E-state index contributed by atoms with van der Waals surface area (Å²) >= 11 is 0. The minimum absolute atomic E-state index is 0.0207. The molecule has 2 saturated carbocycles. The van der Waals surface area contributed by atoms with Crippen LogP contribution in [0, 0.1) is 19.8 Å². The first-order valence-corrected chi connectivity index (χ1v) is 14.7. The predicted octanol–water partition coefficient (Wildman–Crippen LogP) is 8.64. The largest absolute Gasteiger partial charge is 0.399 e. The van der Waals surface area contributed by atoms with E-state index in [-0.39, 0.29) is 12.1 Å². The van der Waals surface area contributed by atoms with E-state index in [1.165, 1.54) is 51.4 Å². The van der Waals surface area contributed by atoms with Crippen molar-refractivity contribution in [3.63, 3.8) is 0 Å². The van der Waals surface area contributed by atoms with Gasteiger partial charge >= 0.3 is 6.03 Å². The van der Waals surface area contributed by atoms with E-state index in [2.05, 4.69) is 32.0 Å². The van der Waals surface area contributed by atoms with Crippen LogP contribution >= 0.6 is 0 Å². The molecule has 0 aromatic heterocycles. The van der Waals surface area contributed by atoms with E-state index in [9.17, 15) is 4.79 Å². The lowest BCUT2D eigenvalue weighted by molar-refractivity contribution is 0.174. The molecule has 2 aliphatic carbocycles. The zero-order valence-corrected chi connectivity index (χ0v) is 22.8. The van der Waals surface area contributed by atoms with Gasteiger partial charge in [-0.05, 0) is 74.9 Å². The molecule has 0 spiro atoms. The van der Waals surface area contributed by atoms with Gasteiger partial charge in [-0.15, -0.1) is 0 Å². The molecule has 1 heterocycles. The minimum Gasteiger partial charge on any atom is -0.399 e. The Morgan fingerprint density at radius 3 is 2.05 bits per heavy atom. The van der Waals surface area contributed by atoms with Gasteiger partial charge in [0.05, 0.1) is 23.1 Å². The third-order valence-electron chi connectivity index (χ3n) is 8.65. The average molecular weight is 501 g/mol. The highest BCUT2D eigenvalue weighted by Crippen LogP contribution is 2.40. The second-order valence-corrected chi connectivity index (χ2v) is 11.6. The van der Waals surface area contributed by atoms with E-state index in [4.69, 9.17) is 10.8 Å². The maximum absolute atomic E-state index is 14.7. The fraction of sp³-hybridized carbons (Fsp3) is 0.562. The molecular weight excluding hydrogens is 456 g/mol. The van der Waals surface area contributed by atoms with Gasteiger partial charge in [-0.3, -0.25) is 4.90 Å². The fourth-order valence-corrected chi connectivity index (χ4v) is 6.57. The molecular formula is C32H44N4O. The fourth-order valence-electron chi connectivity index (χ4n) is 6.57. The lowest BCUT2D eigenvalue weighted by Gasteiger charge is -2.33. The van der Waals surface area contributed by atoms with Crippen molar-refractivity contribution < 1.29 is 4.79 Å². The second kappa shape index (κ2) is 11.7. The number of benzene rings is 2. The number of aryl methyl sites for hydroxylation is 2. The van der Waals surface area contributed by atoms with Gasteiger partial charge in [0.2, 0.25) is 0 Å². The number of rotatable bonds is 3. The number of hydrazone groups is 1. The summed E-state index contributed by atoms with van der Waals surface area (Å²) in [6.07, 6.45) is 16.9. The Hall–Kier alpha value is -2.82. The van der Waals surface area contributed by atoms with Crippen LogP contribution in [0.2, 0.25) is 0 Å². The van der Waals surface area contributed by atoms with Gasteiger partial charge in [0.15, 0.2) is 0 Å². The molecule has 0 radical (unpaired) electrons. The van der Waals surface area contributed by atoms with Crippen molar-refractivity contribution >= 4 is 28.8 Å². The van der Waals surface area contributed by atoms with Gasteiger partial charge in [0.1, 0.15) is 0 Å². The standard InChI is InChI=1S/C32H44N4O/c1-23-17-19-28-30(21-23)35(29-20-18-26(33)22-24(29)2)32(37)36(34-31(28)25-13-9-8-10-14-25)27-15-11-6-4-3-5-7-12-16-27/h17-22,25,27H,3-16,33H2,1-2H3. The Bertz CT molecular complexity index is 1120. The normalized spacial score (nSPS) is 20.8. The van der Waals surface area contributed by atoms with Crippen molar-refractivity contribution in [3.8, 4) is 0 Å². The number of nitrogen functional groups attached to an aromatic ring is 1. The topological polar surface area (TPSA) is 61.9 Å². The van der Waals surface area contributed by atoms with E-state index in [0.717, 1.165) is 78.0 Å². The van der Waals surface area contributed by atoms with Gasteiger partial charge in [0, 0.05) is 17.2 Å². The number of nitrogens with zero attached hydrogens (tertiary/aromatic N) is 3. The number of amides is 2. The first kappa shape index (κ1) is 25.8. The van der Waals surface area contributed by atoms with E-state index in [1.807, 2.05) is 28.1 Å². The molecule has 5 heteroatoms. The highest BCUT2D eigenvalue weighted by molar-refractivity contribution is 6.14. The molecule has 0 unspecified atom stereocenters. The summed E-state index contributed by atoms with van der Waals surface area (Å²) < 4.78 is 0. The van der Waals surface area contributed by atoms with Crippen molar-refractivity contribution in [2.45, 2.75) is 110 Å². The maximum Gasteiger partial charge on any atom is 0.349 e. The van der Waals surface area contributed by atoms with Crippen LogP contribution in [0.25, 0.3) is 0 Å². The summed E-state index contributed by atoms with van der Waals surface area (Å²) in [4.78, 5) is 16.6. The van der Waals surface area contributed by atoms with E-state index in [1.54, 1.807) is 0 Å². The molecule has 5 rings (SSSR count). The predicted molar refractivity (Wildman–Crippen MR) is 155 cm³/mol. The van der Waals surface area contributed by atoms with Gasteiger partial charge < -0.3 is 5.73 Å². The van der Waals surface area contributed by atoms with Crippen LogP contribution in [0.15, 0.2) is 41.5 Å². The molecule has 2 aromatic rings. The van der Waals surface area contributed by atoms with Crippen molar-refractivity contribution in [3.05, 3.63) is 53.1 Å². The third-order valence-corrected chi connectivity index (χ3v) is 8.65. The number of fused-ring (bicyclic) bond motifs is 1. The highest BCUT2D eigenvalue weighted by Gasteiger charge is 2.37. The summed E-state index contributed by atoms with van der Waals surface area (Å²) in [5.41, 5.74) is 13.1. The van der Waals surface area contributed by atoms with E-state index >= 15 is 0 Å². The second-order valence-electron chi connectivity index (χ2n) is 11.6. The van der Waals surface area contributed by atoms with Gasteiger partial charge in [-0.1, -0.05) is 76.3 Å². The molecule has 198 valence electrons. The summed E-state index contributed by atoms with van der Waals surface area (Å²) in [5, 5.41) is 7.27. The molecule has 37 heavy (non-hydrogen) atoms. The van der Waals surface area contributed by atoms with Crippen LogP contribution in [0.5, 0.6) is 0 Å². The summed E-state index contributed by atoms with van der Waals surface area (Å²) in [7, 11) is 0. The van der Waals surface area contributed by atoms with Crippen molar-refractivity contribution in [1.82, 2.24) is 5.01 Å². The quantitative estimate of drug-likeness (QED) is 0.429. The SMILES string of the molecule is Cc1ccc2c(c1)N(c1ccc(N)cc1C)C(=O)N(C1CCCCCCCCC1)N=C2C1CCCCC1. The monoisotopic (exact) mass is 500 g/mol. The number of nitrogens with two attached hydrogens (primary N) is 1. The van der Waals surface area contributed by atoms with Crippen LogP contribution < -0.4 is 10.6 Å². The minimum atomic E-state index is -0.0207. The van der Waals surface area contributed by atoms with Gasteiger partial charge in [-0.25, -0.2) is 9.80 Å². The van der Waals surface area contributed by atoms with Crippen LogP contribution in [0.3, 0.4) is 0 Å². The Morgan fingerprint density at radius 1 is 0.757 bits per heavy atom. The molecule has 0 bridgehead atoms. The first-order valence-electron chi connectivity index (χ1n) is 14.7. The molecule has 5 nitrogen and oxygen atoms in total. The lowest BCUT2D eigenvalue weighted by atomic mass is 9.82. The Morgan fingerprint density at radius 2 is 1.38 bits per heavy atom. The average Bonchev–Trinajstić information content (AvgIpc) is 3.02. The first-order chi connectivity index (χ1) is 18.0. The lowest BCUT2D eigenvalue weighted by Crippen LogP contribution is -2.43. The molecule has 2 aromatic carbocycles. The molecule has 0 saturated heterocycles. The van der Waals surface area contributed by atoms with E-state index < -0.39 is 0 Å². The maximum atomic E-state index is 14.7. The van der Waals surface area contributed by atoms with Crippen LogP contribution in [0.1, 0.15) is 107 Å². The molecule has 2 amide bonds. The van der Waals surface area contributed by atoms with Crippen molar-refractivity contribution in [2.24, 2.45) is 11.0 Å². The number of anilines is 3. The van der Waals surface area contributed by atoms with Crippen LogP contribution in [-0.2, 0) is 0 Å². The van der Waals surface area contributed by atoms with E-state index in [0.29, 0.717) is 5.92 Å². The Balaban J connectivity index is 1.65. The molecule has 0 atom stereocenters. The number of carbonyl (C=O) groups is 1. The number of hydrogen-bond acceptors (Lipinski definition) is 3. The highest BCUT2D eigenvalue weighted by atomic mass is 16.2. The molecule has 2 N–H and O–H groups in total. The zero-order chi connectivity index (χ0) is 25.8. The third kappa shape index (κ3) is 5.71. The number of urea groups is 1. The molecule has 3 aliphatic rings. The summed E-state index contributed by atoms with van der Waals surface area (Å²) in [5.74, 6) is 0.400. The Labute approximate surface area is 223 Å². The smallest absolute Gasteiger partial charge is 0.349 e. The van der Waals surface area contributed by atoms with Gasteiger partial charge in [-0.2, -0.15) is 5.10 Å². The number of hydrogen-bond donors (Lipinski definition) is 1. The number of carbonyl (C=O) groups excluding carboxylic acids is 1. The van der Waals surface area contributed by atoms with Crippen molar-refractivity contribution in [2.75, 3.05) is 10.6 Å². The van der Waals surface area contributed by atoms with Crippen molar-refractivity contribution in [1.29, 1.82) is 0 Å². The van der Waals surface area contributed by atoms with Crippen LogP contribution in [0.4, 0.5) is 21.9 Å². The summed E-state index contributed by atoms with van der Waals surface area (Å²) in [6, 6.07) is 12.6. The van der Waals surface area contributed by atoms with Gasteiger partial charge in [0.25, 0.3) is 0 Å². The van der Waals surface area contributed by atoms with Crippen LogP contribution in [-0.4, -0.2) is 22.8 Å². The molecule has 2 fully saturated rings. The molecule has 1 aliphatic heterocycles. The summed E-state index contributed by atoms with van der Waals surface area (Å²) in [6.45, 7) is 4.16. The Kier molecular flexibility index (Phi) is 8.17.